The second-order valence-corrected chi connectivity index (χ2v) is 5.04. The van der Waals surface area contributed by atoms with Crippen molar-refractivity contribution in [3.05, 3.63) is 0 Å². The quantitative estimate of drug-likeness (QED) is 0.483. The predicted octanol–water partition coefficient (Wildman–Crippen LogP) is -1.10. The normalized spacial score (nSPS) is 29.3. The molecule has 1 heterocycles. The van der Waals surface area contributed by atoms with Crippen molar-refractivity contribution in [2.75, 3.05) is 20.8 Å². The highest BCUT2D eigenvalue weighted by molar-refractivity contribution is 5.81. The van der Waals surface area contributed by atoms with Crippen LogP contribution in [0.1, 0.15) is 20.8 Å². The molecule has 0 aromatic rings. The predicted molar refractivity (Wildman–Crippen MR) is 76.4 cm³/mol. The first kappa shape index (κ1) is 19.8. The Morgan fingerprint density at radius 1 is 1.00 bits per heavy atom. The molecule has 0 spiro atoms. The van der Waals surface area contributed by atoms with E-state index in [2.05, 4.69) is 5.32 Å². The Kier molecular flexibility index (Phi) is 6.67. The van der Waals surface area contributed by atoms with Gasteiger partial charge in [0.05, 0.1) is 13.7 Å². The molecule has 10 nitrogen and oxygen atoms in total. The summed E-state index contributed by atoms with van der Waals surface area (Å²) in [4.78, 5) is 46.4. The zero-order chi connectivity index (χ0) is 18.5. The van der Waals surface area contributed by atoms with Gasteiger partial charge in [0.25, 0.3) is 5.72 Å². The molecule has 0 saturated carbocycles. The van der Waals surface area contributed by atoms with Crippen molar-refractivity contribution < 1.29 is 42.9 Å². The summed E-state index contributed by atoms with van der Waals surface area (Å²) in [5.41, 5.74) is -1.92. The molecule has 136 valence electrons. The molecular formula is C14H21NO9. The average Bonchev–Trinajstić information content (AvgIpc) is 2.49. The number of hydrogen-bond acceptors (Lipinski definition) is 10. The second kappa shape index (κ2) is 8.06. The van der Waals surface area contributed by atoms with E-state index in [1.54, 1.807) is 0 Å². The molecule has 1 fully saturated rings. The van der Waals surface area contributed by atoms with Crippen molar-refractivity contribution in [1.29, 1.82) is 0 Å². The van der Waals surface area contributed by atoms with E-state index in [4.69, 9.17) is 23.7 Å². The topological polar surface area (TPSA) is 126 Å². The third-order valence-corrected chi connectivity index (χ3v) is 3.31. The van der Waals surface area contributed by atoms with Crippen LogP contribution in [0.15, 0.2) is 0 Å². The summed E-state index contributed by atoms with van der Waals surface area (Å²) >= 11 is 0. The Bertz CT molecular complexity index is 520. The first-order valence-corrected chi connectivity index (χ1v) is 7.10. The van der Waals surface area contributed by atoms with E-state index in [-0.39, 0.29) is 6.61 Å². The number of likely N-dealkylation sites (N-methyl/N-ethyl adjacent to an activating group) is 1. The van der Waals surface area contributed by atoms with Gasteiger partial charge in [-0.3, -0.25) is 19.7 Å². The molecule has 1 saturated heterocycles. The van der Waals surface area contributed by atoms with Crippen LogP contribution in [0.25, 0.3) is 0 Å². The minimum Gasteiger partial charge on any atom is -0.466 e. The molecule has 0 aliphatic carbocycles. The van der Waals surface area contributed by atoms with Crippen molar-refractivity contribution in [3.63, 3.8) is 0 Å². The van der Waals surface area contributed by atoms with E-state index in [0.29, 0.717) is 0 Å². The van der Waals surface area contributed by atoms with Gasteiger partial charge >= 0.3 is 23.9 Å². The van der Waals surface area contributed by atoms with E-state index in [1.165, 1.54) is 7.05 Å². The van der Waals surface area contributed by atoms with Gasteiger partial charge in [-0.25, -0.2) is 4.79 Å². The molecule has 1 aliphatic heterocycles. The first-order valence-electron chi connectivity index (χ1n) is 7.10. The Morgan fingerprint density at radius 3 is 1.96 bits per heavy atom. The maximum Gasteiger partial charge on any atom is 0.357 e. The highest BCUT2D eigenvalue weighted by Crippen LogP contribution is 2.31. The summed E-state index contributed by atoms with van der Waals surface area (Å²) in [6.45, 7) is 3.11. The van der Waals surface area contributed by atoms with Gasteiger partial charge in [-0.15, -0.1) is 0 Å². The van der Waals surface area contributed by atoms with Gasteiger partial charge in [-0.2, -0.15) is 0 Å². The molecule has 1 N–H and O–H groups in total. The van der Waals surface area contributed by atoms with Crippen molar-refractivity contribution in [2.45, 2.75) is 44.8 Å². The van der Waals surface area contributed by atoms with Gasteiger partial charge in [0.2, 0.25) is 0 Å². The van der Waals surface area contributed by atoms with Crippen LogP contribution >= 0.6 is 0 Å². The highest BCUT2D eigenvalue weighted by Gasteiger charge is 2.60. The molecule has 1 aliphatic rings. The number of carbonyl (C=O) groups excluding carboxylic acids is 4. The minimum absolute atomic E-state index is 0.286. The highest BCUT2D eigenvalue weighted by atomic mass is 16.7. The molecule has 10 heteroatoms. The summed E-state index contributed by atoms with van der Waals surface area (Å²) in [5, 5.41) is 2.59. The zero-order valence-corrected chi connectivity index (χ0v) is 14.1. The molecule has 0 unspecified atom stereocenters. The fourth-order valence-electron chi connectivity index (χ4n) is 2.43. The summed E-state index contributed by atoms with van der Waals surface area (Å²) in [6.07, 6.45) is -3.77. The van der Waals surface area contributed by atoms with Crippen LogP contribution in [0, 0.1) is 0 Å². The molecule has 0 aromatic heterocycles. The maximum absolute atomic E-state index is 12.2. The lowest BCUT2D eigenvalue weighted by Crippen LogP contribution is -2.72. The van der Waals surface area contributed by atoms with E-state index < -0.39 is 47.9 Å². The third kappa shape index (κ3) is 4.20. The van der Waals surface area contributed by atoms with Gasteiger partial charge in [0.1, 0.15) is 0 Å². The average molecular weight is 347 g/mol. The Hall–Kier alpha value is -2.20. The van der Waals surface area contributed by atoms with Crippen LogP contribution in [-0.2, 0) is 42.9 Å². The van der Waals surface area contributed by atoms with E-state index in [0.717, 1.165) is 27.9 Å². The zero-order valence-electron chi connectivity index (χ0n) is 14.1. The standard InChI is InChI=1S/C14H21NO9/c1-7(16)22-10-6-21-14(15-4,13(19)20-5)12(24-9(3)18)11(10)23-8(2)17/h10-12,15H,6H2,1-5H3/t10-,11-,12+,14+/m1/s1. The van der Waals surface area contributed by atoms with E-state index >= 15 is 0 Å². The van der Waals surface area contributed by atoms with Crippen molar-refractivity contribution in [3.8, 4) is 0 Å². The Labute approximate surface area is 138 Å². The van der Waals surface area contributed by atoms with Crippen molar-refractivity contribution in [2.24, 2.45) is 0 Å². The largest absolute Gasteiger partial charge is 0.466 e. The molecule has 4 atom stereocenters. The number of hydrogen-bond donors (Lipinski definition) is 1. The number of methoxy groups -OCH3 is 1. The monoisotopic (exact) mass is 347 g/mol. The van der Waals surface area contributed by atoms with Crippen LogP contribution in [-0.4, -0.2) is 68.7 Å². The van der Waals surface area contributed by atoms with Crippen molar-refractivity contribution >= 4 is 23.9 Å². The van der Waals surface area contributed by atoms with Crippen LogP contribution in [0.2, 0.25) is 0 Å². The lowest BCUT2D eigenvalue weighted by Gasteiger charge is -2.45. The molecule has 0 amide bonds. The van der Waals surface area contributed by atoms with E-state index in [1.807, 2.05) is 0 Å². The molecule has 0 aromatic carbocycles. The lowest BCUT2D eigenvalue weighted by atomic mass is 9.93. The smallest absolute Gasteiger partial charge is 0.357 e. The SMILES string of the molecule is CN[C@]1(C(=O)OC)OC[C@@H](OC(C)=O)[C@@H](OC(C)=O)[C@@H]1OC(C)=O. The van der Waals surface area contributed by atoms with Gasteiger partial charge in [-0.05, 0) is 7.05 Å². The molecule has 24 heavy (non-hydrogen) atoms. The van der Waals surface area contributed by atoms with Crippen LogP contribution in [0.5, 0.6) is 0 Å². The molecule has 0 bridgehead atoms. The molecular weight excluding hydrogens is 326 g/mol. The Balaban J connectivity index is 3.33. The van der Waals surface area contributed by atoms with Crippen molar-refractivity contribution in [1.82, 2.24) is 5.32 Å². The summed E-state index contributed by atoms with van der Waals surface area (Å²) in [5.74, 6) is -3.02. The van der Waals surface area contributed by atoms with Crippen LogP contribution in [0.3, 0.4) is 0 Å². The summed E-state index contributed by atoms with van der Waals surface area (Å²) < 4.78 is 25.5. The summed E-state index contributed by atoms with van der Waals surface area (Å²) in [6, 6.07) is 0. The maximum atomic E-state index is 12.2. The van der Waals surface area contributed by atoms with Gasteiger partial charge in [-0.1, -0.05) is 0 Å². The van der Waals surface area contributed by atoms with Crippen LogP contribution in [0.4, 0.5) is 0 Å². The fraction of sp³-hybridized carbons (Fsp3) is 0.714. The lowest BCUT2D eigenvalue weighted by molar-refractivity contribution is -0.264. The Morgan fingerprint density at radius 2 is 1.54 bits per heavy atom. The number of nitrogens with one attached hydrogen (secondary N) is 1. The molecule has 1 rings (SSSR count). The number of rotatable bonds is 5. The summed E-state index contributed by atoms with van der Waals surface area (Å²) in [7, 11) is 2.50. The minimum atomic E-state index is -1.92. The number of ether oxygens (including phenoxy) is 5. The van der Waals surface area contributed by atoms with Gasteiger partial charge in [0.15, 0.2) is 18.3 Å². The van der Waals surface area contributed by atoms with Gasteiger partial charge < -0.3 is 23.7 Å². The third-order valence-electron chi connectivity index (χ3n) is 3.31. The second-order valence-electron chi connectivity index (χ2n) is 5.04. The first-order chi connectivity index (χ1) is 11.2. The molecule has 0 radical (unpaired) electrons. The fourth-order valence-corrected chi connectivity index (χ4v) is 2.43. The van der Waals surface area contributed by atoms with Crippen LogP contribution < -0.4 is 5.32 Å². The van der Waals surface area contributed by atoms with E-state index in [9.17, 15) is 19.2 Å². The number of esters is 4. The number of carbonyl (C=O) groups is 4. The van der Waals surface area contributed by atoms with Gasteiger partial charge in [0, 0.05) is 20.8 Å².